The Hall–Kier alpha value is -1.95. The van der Waals surface area contributed by atoms with E-state index in [1.54, 1.807) is 0 Å². The van der Waals surface area contributed by atoms with Gasteiger partial charge in [-0.3, -0.25) is 0 Å². The van der Waals surface area contributed by atoms with Crippen LogP contribution in [0.5, 0.6) is 0 Å². The third-order valence-corrected chi connectivity index (χ3v) is 2.31. The van der Waals surface area contributed by atoms with Crippen LogP contribution < -0.4 is 0 Å². The summed E-state index contributed by atoms with van der Waals surface area (Å²) < 4.78 is 117. The average Bonchev–Trinajstić information content (AvgIpc) is 3.10. The van der Waals surface area contributed by atoms with Crippen LogP contribution in [0.25, 0.3) is 10.8 Å². The number of rotatable bonds is 0. The van der Waals surface area contributed by atoms with Crippen molar-refractivity contribution < 1.29 is 68.9 Å². The molecule has 175 valence electrons. The van der Waals surface area contributed by atoms with Gasteiger partial charge in [0.1, 0.15) is 0 Å². The topological polar surface area (TPSA) is 0 Å². The molecule has 1 aliphatic rings. The first-order valence-corrected chi connectivity index (χ1v) is 7.84. The molecule has 0 saturated heterocycles. The maximum Gasteiger partial charge on any atom is 3.00 e. The number of benzene rings is 2. The minimum absolute atomic E-state index is 0. The van der Waals surface area contributed by atoms with E-state index in [0.29, 0.717) is 0 Å². The second kappa shape index (κ2) is 16.7. The molecule has 0 atom stereocenters. The second-order valence-corrected chi connectivity index (χ2v) is 4.92. The number of hydrogen-bond acceptors (Lipinski definition) is 0. The van der Waals surface area contributed by atoms with Gasteiger partial charge in [-0.05, 0) is 17.2 Å². The van der Waals surface area contributed by atoms with Gasteiger partial charge >= 0.3 is 38.8 Å². The number of halogens is 12. The summed E-state index contributed by atoms with van der Waals surface area (Å²) in [5.41, 5.74) is 0. The summed E-state index contributed by atoms with van der Waals surface area (Å²) in [7, 11) is -18.0. The van der Waals surface area contributed by atoms with Gasteiger partial charge in [0.05, 0.1) is 0 Å². The molecule has 0 unspecified atom stereocenters. The van der Waals surface area contributed by atoms with Crippen molar-refractivity contribution in [1.82, 2.24) is 0 Å². The molecule has 2 aromatic carbocycles. The normalized spacial score (nSPS) is 11.9. The summed E-state index contributed by atoms with van der Waals surface area (Å²) in [6, 6.07) is 16.7. The fraction of sp³-hybridized carbons (Fsp3) is 0.0667. The molecule has 0 nitrogen and oxygen atoms in total. The molecule has 0 N–H and O–H groups in total. The Morgan fingerprint density at radius 2 is 0.645 bits per heavy atom. The first-order valence-electron chi connectivity index (χ1n) is 7.84. The number of hydrogen-bond donors (Lipinski definition) is 0. The van der Waals surface area contributed by atoms with E-state index in [1.165, 1.54) is 10.8 Å². The molecule has 0 fully saturated rings. The third kappa shape index (κ3) is 43.0. The second-order valence-electron chi connectivity index (χ2n) is 4.92. The van der Waals surface area contributed by atoms with Crippen molar-refractivity contribution in [2.24, 2.45) is 0 Å². The van der Waals surface area contributed by atoms with E-state index >= 15 is 0 Å². The Bertz CT molecular complexity index is 635. The summed E-state index contributed by atoms with van der Waals surface area (Å²) >= 11 is 0. The molecule has 0 amide bonds. The molecule has 1 aliphatic carbocycles. The number of fused-ring (bicyclic) bond motifs is 1. The Morgan fingerprint density at radius 3 is 0.774 bits per heavy atom. The molecule has 2 aromatic rings. The molecule has 0 aliphatic heterocycles. The van der Waals surface area contributed by atoms with E-state index < -0.39 is 21.8 Å². The maximum absolute atomic E-state index is 9.75. The summed E-state index contributed by atoms with van der Waals surface area (Å²) in [6.07, 6.45) is 9.50. The van der Waals surface area contributed by atoms with Crippen LogP contribution in [0.15, 0.2) is 72.8 Å². The monoisotopic (exact) mass is 511 g/mol. The molecule has 0 spiro atoms. The fourth-order valence-electron chi connectivity index (χ4n) is 1.53. The van der Waals surface area contributed by atoms with Crippen LogP contribution in [-0.4, -0.2) is 21.8 Å². The molecular weight excluding hydrogens is 496 g/mol. The first kappa shape index (κ1) is 33.7. The summed E-state index contributed by atoms with van der Waals surface area (Å²) in [5.74, 6) is 0. The van der Waals surface area contributed by atoms with Crippen LogP contribution in [0, 0.1) is 0 Å². The molecule has 0 aromatic heterocycles. The van der Waals surface area contributed by atoms with E-state index in [0.717, 1.165) is 6.42 Å². The van der Waals surface area contributed by atoms with E-state index in [1.807, 2.05) is 0 Å². The van der Waals surface area contributed by atoms with Crippen LogP contribution in [0.1, 0.15) is 6.42 Å². The maximum atomic E-state index is 9.75. The third-order valence-electron chi connectivity index (χ3n) is 2.31. The Labute approximate surface area is 181 Å². The molecule has 31 heavy (non-hydrogen) atoms. The zero-order valence-corrected chi connectivity index (χ0v) is 16.4. The minimum atomic E-state index is -6.00. The Balaban J connectivity index is -0.000000330. The van der Waals surface area contributed by atoms with Crippen LogP contribution >= 0.6 is 0 Å². The van der Waals surface area contributed by atoms with Crippen molar-refractivity contribution in [2.75, 3.05) is 0 Å². The molecule has 16 heteroatoms. The Kier molecular flexibility index (Phi) is 18.2. The van der Waals surface area contributed by atoms with E-state index in [9.17, 15) is 51.8 Å². The quantitative estimate of drug-likeness (QED) is 0.247. The molecule has 0 bridgehead atoms. The van der Waals surface area contributed by atoms with Gasteiger partial charge in [-0.25, -0.2) is 0 Å². The van der Waals surface area contributed by atoms with Gasteiger partial charge in [-0.15, -0.1) is 0 Å². The van der Waals surface area contributed by atoms with Crippen molar-refractivity contribution >= 4 is 32.5 Å². The van der Waals surface area contributed by atoms with Gasteiger partial charge in [0.15, 0.2) is 0 Å². The molecule has 0 heterocycles. The summed E-state index contributed by atoms with van der Waals surface area (Å²) in [6.45, 7) is 0. The van der Waals surface area contributed by atoms with Gasteiger partial charge in [0, 0.05) is 0 Å². The minimum Gasteiger partial charge on any atom is -0.418 e. The van der Waals surface area contributed by atoms with Gasteiger partial charge in [-0.2, -0.15) is 0 Å². The van der Waals surface area contributed by atoms with E-state index in [4.69, 9.17) is 0 Å². The van der Waals surface area contributed by atoms with Crippen LogP contribution in [0.4, 0.5) is 51.8 Å². The van der Waals surface area contributed by atoms with E-state index in [-0.39, 0.29) is 17.1 Å². The van der Waals surface area contributed by atoms with Gasteiger partial charge in [0.25, 0.3) is 0 Å². The first-order chi connectivity index (χ1) is 13.5. The van der Waals surface area contributed by atoms with E-state index in [2.05, 4.69) is 72.8 Å². The molecule has 0 saturated carbocycles. The van der Waals surface area contributed by atoms with Crippen LogP contribution in [-0.2, 0) is 17.1 Å². The largest absolute Gasteiger partial charge is 3.00 e. The molecular formula is C15H14B3F12Fe. The predicted molar refractivity (Wildman–Crippen MR) is 97.4 cm³/mol. The zero-order chi connectivity index (χ0) is 23.8. The SMILES string of the molecule is C1=CCC=C1.F[B-](F)(F)F.F[B-](F)(F)F.F[B-](F)(F)F.[Fe+3].c1ccc2ccccc2c1. The summed E-state index contributed by atoms with van der Waals surface area (Å²) in [5, 5.41) is 2.62. The fourth-order valence-corrected chi connectivity index (χ4v) is 1.53. The van der Waals surface area contributed by atoms with Crippen molar-refractivity contribution in [1.29, 1.82) is 0 Å². The van der Waals surface area contributed by atoms with Crippen molar-refractivity contribution in [2.45, 2.75) is 6.42 Å². The average molecular weight is 511 g/mol. The van der Waals surface area contributed by atoms with Gasteiger partial charge in [0.2, 0.25) is 0 Å². The molecule has 1 radical (unpaired) electrons. The van der Waals surface area contributed by atoms with Crippen molar-refractivity contribution in [3.63, 3.8) is 0 Å². The number of allylic oxidation sites excluding steroid dienone is 4. The Morgan fingerprint density at radius 1 is 0.452 bits per heavy atom. The van der Waals surface area contributed by atoms with Crippen LogP contribution in [0.3, 0.4) is 0 Å². The molecule has 3 rings (SSSR count). The van der Waals surface area contributed by atoms with Crippen molar-refractivity contribution in [3.05, 3.63) is 72.8 Å². The summed E-state index contributed by atoms with van der Waals surface area (Å²) in [4.78, 5) is 0. The predicted octanol–water partition coefficient (Wildman–Crippen LogP) is 8.24. The standard InChI is InChI=1S/C10H8.C5H6.3BF4.Fe/c1-2-6-10-8-4-3-7-9(10)5-1;1-2-4-5-3-1;3*2-1(3,4)5;/h1-8H;1-4H,5H2;;;;/q;;3*-1;+3. The van der Waals surface area contributed by atoms with Crippen LogP contribution in [0.2, 0.25) is 0 Å². The van der Waals surface area contributed by atoms with Crippen molar-refractivity contribution in [3.8, 4) is 0 Å². The zero-order valence-electron chi connectivity index (χ0n) is 15.3. The van der Waals surface area contributed by atoms with Gasteiger partial charge < -0.3 is 51.8 Å². The van der Waals surface area contributed by atoms with Gasteiger partial charge in [-0.1, -0.05) is 72.8 Å². The smallest absolute Gasteiger partial charge is 0.418 e.